The SMILES string of the molecule is CCCCCCCCCCCCCCCCOc1cocc1C(=O)O. The fraction of sp³-hybridized carbons (Fsp3) is 0.762. The second-order valence-corrected chi connectivity index (χ2v) is 6.90. The van der Waals surface area contributed by atoms with Crippen LogP contribution in [0.1, 0.15) is 107 Å². The first-order valence-corrected chi connectivity index (χ1v) is 10.2. The van der Waals surface area contributed by atoms with E-state index < -0.39 is 5.97 Å². The van der Waals surface area contributed by atoms with Gasteiger partial charge in [0.15, 0.2) is 5.75 Å². The Labute approximate surface area is 152 Å². The molecule has 1 aromatic rings. The van der Waals surface area contributed by atoms with Crippen LogP contribution in [0.2, 0.25) is 0 Å². The van der Waals surface area contributed by atoms with Crippen LogP contribution in [0.5, 0.6) is 5.75 Å². The summed E-state index contributed by atoms with van der Waals surface area (Å²) >= 11 is 0. The molecule has 0 bridgehead atoms. The van der Waals surface area contributed by atoms with Crippen LogP contribution in [0, 0.1) is 0 Å². The maximum atomic E-state index is 10.9. The molecule has 0 aliphatic heterocycles. The maximum absolute atomic E-state index is 10.9. The van der Waals surface area contributed by atoms with Gasteiger partial charge in [0.2, 0.25) is 0 Å². The highest BCUT2D eigenvalue weighted by molar-refractivity contribution is 5.90. The lowest BCUT2D eigenvalue weighted by Gasteiger charge is -2.05. The molecule has 0 fully saturated rings. The smallest absolute Gasteiger partial charge is 0.342 e. The van der Waals surface area contributed by atoms with Crippen LogP contribution in [0.4, 0.5) is 0 Å². The minimum Gasteiger partial charge on any atom is -0.489 e. The van der Waals surface area contributed by atoms with Gasteiger partial charge in [0.25, 0.3) is 0 Å². The van der Waals surface area contributed by atoms with Gasteiger partial charge in [-0.3, -0.25) is 0 Å². The fourth-order valence-corrected chi connectivity index (χ4v) is 3.03. The molecule has 0 saturated heterocycles. The number of unbranched alkanes of at least 4 members (excludes halogenated alkanes) is 13. The summed E-state index contributed by atoms with van der Waals surface area (Å²) in [5.41, 5.74) is 0.102. The van der Waals surface area contributed by atoms with Crippen molar-refractivity contribution in [2.45, 2.75) is 96.8 Å². The molecule has 0 aliphatic carbocycles. The number of carboxylic acid groups (broad SMARTS) is 1. The van der Waals surface area contributed by atoms with Crippen LogP contribution >= 0.6 is 0 Å². The highest BCUT2D eigenvalue weighted by Gasteiger charge is 2.13. The van der Waals surface area contributed by atoms with Crippen molar-refractivity contribution in [2.24, 2.45) is 0 Å². The van der Waals surface area contributed by atoms with Crippen LogP contribution in [-0.4, -0.2) is 17.7 Å². The Morgan fingerprint density at radius 2 is 1.32 bits per heavy atom. The predicted molar refractivity (Wildman–Crippen MR) is 101 cm³/mol. The molecule has 0 amide bonds. The Bertz CT molecular complexity index is 439. The predicted octanol–water partition coefficient (Wildman–Crippen LogP) is 6.84. The van der Waals surface area contributed by atoms with E-state index >= 15 is 0 Å². The van der Waals surface area contributed by atoms with Crippen molar-refractivity contribution >= 4 is 5.97 Å². The Morgan fingerprint density at radius 3 is 1.80 bits per heavy atom. The van der Waals surface area contributed by atoms with E-state index in [4.69, 9.17) is 14.3 Å². The normalized spacial score (nSPS) is 10.9. The molecule has 0 radical (unpaired) electrons. The summed E-state index contributed by atoms with van der Waals surface area (Å²) in [6, 6.07) is 0. The largest absolute Gasteiger partial charge is 0.489 e. The van der Waals surface area contributed by atoms with Crippen molar-refractivity contribution in [1.82, 2.24) is 0 Å². The quantitative estimate of drug-likeness (QED) is 0.312. The van der Waals surface area contributed by atoms with Gasteiger partial charge >= 0.3 is 5.97 Å². The molecule has 25 heavy (non-hydrogen) atoms. The van der Waals surface area contributed by atoms with E-state index in [1.807, 2.05) is 0 Å². The first-order chi connectivity index (χ1) is 12.3. The van der Waals surface area contributed by atoms with E-state index in [-0.39, 0.29) is 5.56 Å². The molecule has 0 unspecified atom stereocenters. The van der Waals surface area contributed by atoms with Crippen LogP contribution in [-0.2, 0) is 0 Å². The van der Waals surface area contributed by atoms with Crippen LogP contribution in [0.15, 0.2) is 16.9 Å². The van der Waals surface area contributed by atoms with Gasteiger partial charge in [0.1, 0.15) is 18.1 Å². The molecule has 1 heterocycles. The molecule has 0 saturated carbocycles. The highest BCUT2D eigenvalue weighted by atomic mass is 16.5. The summed E-state index contributed by atoms with van der Waals surface area (Å²) in [5, 5.41) is 8.94. The molecule has 1 rings (SSSR count). The molecule has 1 N–H and O–H groups in total. The summed E-state index contributed by atoms with van der Waals surface area (Å²) in [5.74, 6) is -0.674. The molecule has 0 aromatic carbocycles. The third-order valence-corrected chi connectivity index (χ3v) is 4.61. The average Bonchev–Trinajstić information content (AvgIpc) is 3.07. The minimum atomic E-state index is -1.01. The van der Waals surface area contributed by atoms with E-state index in [9.17, 15) is 4.79 Å². The molecular formula is C21H36O4. The third-order valence-electron chi connectivity index (χ3n) is 4.61. The number of hydrogen-bond acceptors (Lipinski definition) is 3. The number of ether oxygens (including phenoxy) is 1. The van der Waals surface area contributed by atoms with Crippen molar-refractivity contribution < 1.29 is 19.1 Å². The number of carbonyl (C=O) groups is 1. The number of aromatic carboxylic acids is 1. The Morgan fingerprint density at radius 1 is 0.840 bits per heavy atom. The average molecular weight is 353 g/mol. The molecule has 0 aliphatic rings. The minimum absolute atomic E-state index is 0.102. The van der Waals surface area contributed by atoms with Gasteiger partial charge in [-0.05, 0) is 6.42 Å². The standard InChI is InChI=1S/C21H36O4/c1-2-3-4-5-6-7-8-9-10-11-12-13-14-15-16-25-20-18-24-17-19(20)21(22)23/h17-18H,2-16H2,1H3,(H,22,23). The van der Waals surface area contributed by atoms with Gasteiger partial charge in [-0.1, -0.05) is 90.4 Å². The zero-order valence-electron chi connectivity index (χ0n) is 15.9. The Kier molecular flexibility index (Phi) is 12.8. The Balaban J connectivity index is 1.82. The van der Waals surface area contributed by atoms with Gasteiger partial charge in [0.05, 0.1) is 6.61 Å². The number of carboxylic acids is 1. The summed E-state index contributed by atoms with van der Waals surface area (Å²) in [4.78, 5) is 10.9. The van der Waals surface area contributed by atoms with Crippen molar-refractivity contribution in [3.63, 3.8) is 0 Å². The van der Waals surface area contributed by atoms with Crippen molar-refractivity contribution in [1.29, 1.82) is 0 Å². The molecule has 0 atom stereocenters. The number of furan rings is 1. The molecular weight excluding hydrogens is 316 g/mol. The molecule has 1 aromatic heterocycles. The molecule has 4 nitrogen and oxygen atoms in total. The van der Waals surface area contributed by atoms with Crippen LogP contribution < -0.4 is 4.74 Å². The van der Waals surface area contributed by atoms with E-state index in [2.05, 4.69) is 6.92 Å². The van der Waals surface area contributed by atoms with Crippen molar-refractivity contribution in [2.75, 3.05) is 6.61 Å². The number of rotatable bonds is 17. The first kappa shape index (κ1) is 21.6. The molecule has 4 heteroatoms. The summed E-state index contributed by atoms with van der Waals surface area (Å²) in [6.07, 6.45) is 21.1. The van der Waals surface area contributed by atoms with E-state index in [1.54, 1.807) is 0 Å². The lowest BCUT2D eigenvalue weighted by Crippen LogP contribution is -2.02. The lowest BCUT2D eigenvalue weighted by atomic mass is 10.0. The van der Waals surface area contributed by atoms with E-state index in [0.29, 0.717) is 12.4 Å². The molecule has 144 valence electrons. The zero-order valence-corrected chi connectivity index (χ0v) is 15.9. The number of hydrogen-bond donors (Lipinski definition) is 1. The second-order valence-electron chi connectivity index (χ2n) is 6.90. The van der Waals surface area contributed by atoms with Crippen molar-refractivity contribution in [3.05, 3.63) is 18.1 Å². The monoisotopic (exact) mass is 352 g/mol. The maximum Gasteiger partial charge on any atom is 0.342 e. The van der Waals surface area contributed by atoms with Crippen molar-refractivity contribution in [3.8, 4) is 5.75 Å². The van der Waals surface area contributed by atoms with E-state index in [0.717, 1.165) is 12.8 Å². The Hall–Kier alpha value is -1.45. The van der Waals surface area contributed by atoms with Crippen LogP contribution in [0.25, 0.3) is 0 Å². The summed E-state index contributed by atoms with van der Waals surface area (Å²) in [6.45, 7) is 2.82. The van der Waals surface area contributed by atoms with Gasteiger partial charge in [0, 0.05) is 0 Å². The van der Waals surface area contributed by atoms with Gasteiger partial charge in [-0.25, -0.2) is 4.79 Å². The van der Waals surface area contributed by atoms with Gasteiger partial charge < -0.3 is 14.3 Å². The lowest BCUT2D eigenvalue weighted by molar-refractivity contribution is 0.0692. The van der Waals surface area contributed by atoms with Gasteiger partial charge in [-0.15, -0.1) is 0 Å². The first-order valence-electron chi connectivity index (χ1n) is 10.2. The summed E-state index contributed by atoms with van der Waals surface area (Å²) < 4.78 is 10.3. The summed E-state index contributed by atoms with van der Waals surface area (Å²) in [7, 11) is 0. The van der Waals surface area contributed by atoms with Crippen LogP contribution in [0.3, 0.4) is 0 Å². The van der Waals surface area contributed by atoms with Gasteiger partial charge in [-0.2, -0.15) is 0 Å². The fourth-order valence-electron chi connectivity index (χ4n) is 3.03. The highest BCUT2D eigenvalue weighted by Crippen LogP contribution is 2.20. The topological polar surface area (TPSA) is 59.7 Å². The molecule has 0 spiro atoms. The second kappa shape index (κ2) is 14.9. The third kappa shape index (κ3) is 10.9. The van der Waals surface area contributed by atoms with E-state index in [1.165, 1.54) is 89.6 Å². The zero-order chi connectivity index (χ0) is 18.2.